The summed E-state index contributed by atoms with van der Waals surface area (Å²) in [6.07, 6.45) is 0.120. The molecule has 0 rings (SSSR count). The second-order valence-electron chi connectivity index (χ2n) is 2.88. The fourth-order valence-electron chi connectivity index (χ4n) is 1.02. The quantitative estimate of drug-likeness (QED) is 0.572. The predicted octanol–water partition coefficient (Wildman–Crippen LogP) is 0.179. The third-order valence-electron chi connectivity index (χ3n) is 1.76. The molecule has 2 N–H and O–H groups in total. The Balaban J connectivity index is 4.70. The average molecular weight is 216 g/mol. The molecule has 0 radical (unpaired) electrons. The standard InChI is InChI=1S/C8H12N2O3S/c1-6(11)10-8(5-14,7(12)13)3-2-4-9/h14H,2-3,5H2,1H3,(H,10,11)(H,12,13)/t8-/m0/s1. The Morgan fingerprint density at radius 1 is 1.64 bits per heavy atom. The predicted molar refractivity (Wildman–Crippen MR) is 52.9 cm³/mol. The summed E-state index contributed by atoms with van der Waals surface area (Å²) in [5.41, 5.74) is -1.43. The van der Waals surface area contributed by atoms with E-state index in [0.29, 0.717) is 0 Å². The van der Waals surface area contributed by atoms with Gasteiger partial charge in [-0.2, -0.15) is 17.9 Å². The van der Waals surface area contributed by atoms with Crippen LogP contribution in [0.1, 0.15) is 19.8 Å². The molecular formula is C8H12N2O3S. The van der Waals surface area contributed by atoms with E-state index < -0.39 is 17.4 Å². The van der Waals surface area contributed by atoms with Crippen molar-refractivity contribution in [1.29, 1.82) is 5.26 Å². The van der Waals surface area contributed by atoms with E-state index in [4.69, 9.17) is 10.4 Å². The number of carbonyl (C=O) groups excluding carboxylic acids is 1. The largest absolute Gasteiger partial charge is 0.479 e. The Kier molecular flexibility index (Phi) is 5.02. The summed E-state index contributed by atoms with van der Waals surface area (Å²) >= 11 is 3.88. The van der Waals surface area contributed by atoms with Crippen molar-refractivity contribution >= 4 is 24.5 Å². The molecule has 1 atom stereocenters. The number of carboxylic acids is 1. The normalized spacial score (nSPS) is 13.8. The van der Waals surface area contributed by atoms with Crippen LogP contribution in [0, 0.1) is 11.3 Å². The fraction of sp³-hybridized carbons (Fsp3) is 0.625. The molecule has 78 valence electrons. The molecule has 14 heavy (non-hydrogen) atoms. The average Bonchev–Trinajstić information content (AvgIpc) is 2.11. The number of hydrogen-bond donors (Lipinski definition) is 3. The second-order valence-corrected chi connectivity index (χ2v) is 3.20. The summed E-state index contributed by atoms with van der Waals surface area (Å²) in [6.45, 7) is 1.23. The summed E-state index contributed by atoms with van der Waals surface area (Å²) < 4.78 is 0. The van der Waals surface area contributed by atoms with Crippen LogP contribution in [-0.2, 0) is 9.59 Å². The molecule has 0 bridgehead atoms. The monoisotopic (exact) mass is 216 g/mol. The van der Waals surface area contributed by atoms with Gasteiger partial charge >= 0.3 is 5.97 Å². The lowest BCUT2D eigenvalue weighted by molar-refractivity contribution is -0.146. The highest BCUT2D eigenvalue weighted by Gasteiger charge is 2.37. The van der Waals surface area contributed by atoms with Gasteiger partial charge in [0, 0.05) is 19.1 Å². The number of nitrogens with one attached hydrogen (secondary N) is 1. The fourth-order valence-corrected chi connectivity index (χ4v) is 1.39. The molecule has 0 aromatic rings. The minimum absolute atomic E-state index is 0.0381. The highest BCUT2D eigenvalue weighted by atomic mass is 32.1. The van der Waals surface area contributed by atoms with Gasteiger partial charge in [0.25, 0.3) is 0 Å². The molecule has 0 spiro atoms. The second kappa shape index (κ2) is 5.50. The molecule has 0 fully saturated rings. The van der Waals surface area contributed by atoms with Gasteiger partial charge in [-0.3, -0.25) is 4.79 Å². The van der Waals surface area contributed by atoms with Gasteiger partial charge in [-0.1, -0.05) is 0 Å². The van der Waals surface area contributed by atoms with Crippen molar-refractivity contribution in [3.05, 3.63) is 0 Å². The van der Waals surface area contributed by atoms with Gasteiger partial charge < -0.3 is 10.4 Å². The Morgan fingerprint density at radius 2 is 2.21 bits per heavy atom. The van der Waals surface area contributed by atoms with E-state index in [1.54, 1.807) is 0 Å². The minimum atomic E-state index is -1.43. The van der Waals surface area contributed by atoms with E-state index in [1.165, 1.54) is 6.92 Å². The topological polar surface area (TPSA) is 90.2 Å². The molecule has 0 aromatic heterocycles. The van der Waals surface area contributed by atoms with Crippen molar-refractivity contribution in [3.8, 4) is 6.07 Å². The van der Waals surface area contributed by atoms with Crippen LogP contribution in [0.2, 0.25) is 0 Å². The van der Waals surface area contributed by atoms with Crippen molar-refractivity contribution in [2.24, 2.45) is 0 Å². The summed E-state index contributed by atoms with van der Waals surface area (Å²) in [5.74, 6) is -1.65. The number of nitriles is 1. The molecule has 0 aromatic carbocycles. The zero-order valence-electron chi connectivity index (χ0n) is 7.78. The van der Waals surface area contributed by atoms with E-state index in [1.807, 2.05) is 6.07 Å². The number of nitrogens with zero attached hydrogens (tertiary/aromatic N) is 1. The maximum absolute atomic E-state index is 10.9. The Hall–Kier alpha value is -1.22. The van der Waals surface area contributed by atoms with E-state index in [-0.39, 0.29) is 18.6 Å². The molecule has 0 heterocycles. The van der Waals surface area contributed by atoms with Crippen molar-refractivity contribution in [2.45, 2.75) is 25.3 Å². The van der Waals surface area contributed by atoms with Crippen LogP contribution >= 0.6 is 12.6 Å². The molecule has 0 aliphatic rings. The van der Waals surface area contributed by atoms with Crippen LogP contribution < -0.4 is 5.32 Å². The molecule has 1 amide bonds. The van der Waals surface area contributed by atoms with E-state index in [9.17, 15) is 9.59 Å². The van der Waals surface area contributed by atoms with Gasteiger partial charge in [-0.15, -0.1) is 0 Å². The molecule has 0 aliphatic carbocycles. The van der Waals surface area contributed by atoms with Crippen LogP contribution in [0.3, 0.4) is 0 Å². The van der Waals surface area contributed by atoms with E-state index in [2.05, 4.69) is 17.9 Å². The van der Waals surface area contributed by atoms with Crippen molar-refractivity contribution in [1.82, 2.24) is 5.32 Å². The maximum atomic E-state index is 10.9. The smallest absolute Gasteiger partial charge is 0.330 e. The first-order valence-corrected chi connectivity index (χ1v) is 4.61. The van der Waals surface area contributed by atoms with Crippen LogP contribution in [-0.4, -0.2) is 28.3 Å². The minimum Gasteiger partial charge on any atom is -0.479 e. The van der Waals surface area contributed by atoms with Gasteiger partial charge in [0.1, 0.15) is 5.54 Å². The molecule has 0 saturated heterocycles. The molecular weight excluding hydrogens is 204 g/mol. The van der Waals surface area contributed by atoms with Crippen LogP contribution in [0.15, 0.2) is 0 Å². The SMILES string of the molecule is CC(=O)N[C@](CS)(CCC#N)C(=O)O. The van der Waals surface area contributed by atoms with Crippen molar-refractivity contribution in [3.63, 3.8) is 0 Å². The maximum Gasteiger partial charge on any atom is 0.330 e. The lowest BCUT2D eigenvalue weighted by Crippen LogP contribution is -2.55. The zero-order chi connectivity index (χ0) is 11.2. The molecule has 0 unspecified atom stereocenters. The molecule has 6 heteroatoms. The van der Waals surface area contributed by atoms with E-state index >= 15 is 0 Å². The summed E-state index contributed by atoms with van der Waals surface area (Å²) in [6, 6.07) is 1.84. The number of aliphatic carboxylic acids is 1. The van der Waals surface area contributed by atoms with Crippen LogP contribution in [0.5, 0.6) is 0 Å². The van der Waals surface area contributed by atoms with E-state index in [0.717, 1.165) is 0 Å². The number of amides is 1. The van der Waals surface area contributed by atoms with Gasteiger partial charge in [-0.25, -0.2) is 4.79 Å². The Labute approximate surface area is 87.5 Å². The first-order valence-electron chi connectivity index (χ1n) is 3.98. The van der Waals surface area contributed by atoms with Crippen molar-refractivity contribution < 1.29 is 14.7 Å². The molecule has 5 nitrogen and oxygen atoms in total. The number of rotatable bonds is 5. The highest BCUT2D eigenvalue weighted by Crippen LogP contribution is 2.15. The lowest BCUT2D eigenvalue weighted by atomic mass is 9.96. The van der Waals surface area contributed by atoms with Gasteiger partial charge in [0.05, 0.1) is 6.07 Å². The number of thiol groups is 1. The van der Waals surface area contributed by atoms with Gasteiger partial charge in [0.15, 0.2) is 0 Å². The molecule has 0 aliphatic heterocycles. The summed E-state index contributed by atoms with van der Waals surface area (Å²) in [5, 5.41) is 19.6. The Morgan fingerprint density at radius 3 is 2.50 bits per heavy atom. The first kappa shape index (κ1) is 12.8. The third kappa shape index (κ3) is 3.26. The molecule has 0 saturated carbocycles. The lowest BCUT2D eigenvalue weighted by Gasteiger charge is -2.27. The van der Waals surface area contributed by atoms with Crippen molar-refractivity contribution in [2.75, 3.05) is 5.75 Å². The van der Waals surface area contributed by atoms with Crippen LogP contribution in [0.4, 0.5) is 0 Å². The Bertz CT molecular complexity index is 274. The van der Waals surface area contributed by atoms with Crippen LogP contribution in [0.25, 0.3) is 0 Å². The number of carbonyl (C=O) groups is 2. The first-order chi connectivity index (χ1) is 6.48. The number of carboxylic acid groups (broad SMARTS) is 1. The summed E-state index contributed by atoms with van der Waals surface area (Å²) in [4.78, 5) is 21.7. The summed E-state index contributed by atoms with van der Waals surface area (Å²) in [7, 11) is 0. The number of hydrogen-bond acceptors (Lipinski definition) is 4. The third-order valence-corrected chi connectivity index (χ3v) is 2.30. The van der Waals surface area contributed by atoms with Gasteiger partial charge in [0.2, 0.25) is 5.91 Å². The van der Waals surface area contributed by atoms with Gasteiger partial charge in [-0.05, 0) is 6.42 Å². The highest BCUT2D eigenvalue weighted by molar-refractivity contribution is 7.80. The zero-order valence-corrected chi connectivity index (χ0v) is 8.67.